The molecule has 0 spiro atoms. The Morgan fingerprint density at radius 1 is 1.02 bits per heavy atom. The molecule has 0 radical (unpaired) electrons. The standard InChI is InChI=1S/C31H37F5N2O2/c1-29(2,3)16-27(39)24-14-23(19-4-5-19)28(15-25(24)32)40-18-30(33)8-10-38(11-9-30)17-22-12-21(31(34,35)36)13-26(37-22)20-6-7-20/h12-15,19-20H,4-11,16-18H2,1-3H3. The summed E-state index contributed by atoms with van der Waals surface area (Å²) in [6.07, 6.45) is -0.404. The summed E-state index contributed by atoms with van der Waals surface area (Å²) < 4.78 is 76.9. The molecule has 5 rings (SSSR count). The minimum Gasteiger partial charge on any atom is -0.490 e. The van der Waals surface area contributed by atoms with Gasteiger partial charge in [-0.1, -0.05) is 20.8 Å². The predicted octanol–water partition coefficient (Wildman–Crippen LogP) is 8.00. The van der Waals surface area contributed by atoms with Crippen molar-refractivity contribution in [1.82, 2.24) is 9.88 Å². The number of aromatic nitrogens is 1. The van der Waals surface area contributed by atoms with Gasteiger partial charge in [0.05, 0.1) is 16.8 Å². The van der Waals surface area contributed by atoms with Gasteiger partial charge in [-0.05, 0) is 73.6 Å². The average molecular weight is 565 g/mol. The normalized spacial score (nSPS) is 20.0. The fraction of sp³-hybridized carbons (Fsp3) is 0.613. The lowest BCUT2D eigenvalue weighted by molar-refractivity contribution is -0.137. The van der Waals surface area contributed by atoms with Crippen molar-refractivity contribution in [3.63, 3.8) is 0 Å². The number of pyridine rings is 1. The number of halogens is 5. The summed E-state index contributed by atoms with van der Waals surface area (Å²) in [7, 11) is 0. The van der Waals surface area contributed by atoms with Crippen LogP contribution < -0.4 is 4.74 Å². The number of ketones is 1. The van der Waals surface area contributed by atoms with Crippen molar-refractivity contribution in [1.29, 1.82) is 0 Å². The summed E-state index contributed by atoms with van der Waals surface area (Å²) in [6, 6.07) is 5.05. The van der Waals surface area contributed by atoms with Gasteiger partial charge in [0, 0.05) is 43.7 Å². The molecular formula is C31H37F5N2O2. The number of rotatable bonds is 9. The first-order valence-corrected chi connectivity index (χ1v) is 14.2. The smallest absolute Gasteiger partial charge is 0.416 e. The maximum absolute atomic E-state index is 15.7. The van der Waals surface area contributed by atoms with Crippen molar-refractivity contribution >= 4 is 5.78 Å². The number of piperidine rings is 1. The van der Waals surface area contributed by atoms with E-state index in [1.807, 2.05) is 25.7 Å². The molecule has 1 aromatic carbocycles. The lowest BCUT2D eigenvalue weighted by Gasteiger charge is -2.36. The molecule has 1 aromatic heterocycles. The summed E-state index contributed by atoms with van der Waals surface area (Å²) in [5.41, 5.74) is -0.957. The molecule has 0 N–H and O–H groups in total. The summed E-state index contributed by atoms with van der Waals surface area (Å²) in [6.45, 7) is 6.45. The monoisotopic (exact) mass is 564 g/mol. The van der Waals surface area contributed by atoms with Gasteiger partial charge in [0.25, 0.3) is 0 Å². The number of Topliss-reactive ketones (excluding diaryl/α,β-unsaturated/α-hetero) is 1. The van der Waals surface area contributed by atoms with Crippen molar-refractivity contribution in [3.8, 4) is 5.75 Å². The minimum absolute atomic E-state index is 0.0560. The molecular weight excluding hydrogens is 527 g/mol. The second-order valence-electron chi connectivity index (χ2n) is 13.1. The zero-order valence-electron chi connectivity index (χ0n) is 23.3. The second-order valence-corrected chi connectivity index (χ2v) is 13.1. The molecule has 3 fully saturated rings. The van der Waals surface area contributed by atoms with Crippen LogP contribution in [0, 0.1) is 11.2 Å². The Labute approximate surface area is 232 Å². The quantitative estimate of drug-likeness (QED) is 0.229. The van der Waals surface area contributed by atoms with Crippen molar-refractivity contribution in [2.24, 2.45) is 5.41 Å². The first-order valence-electron chi connectivity index (χ1n) is 14.2. The molecule has 2 saturated carbocycles. The molecule has 40 heavy (non-hydrogen) atoms. The van der Waals surface area contributed by atoms with Gasteiger partial charge in [0.1, 0.15) is 23.8 Å². The van der Waals surface area contributed by atoms with Crippen LogP contribution in [0.2, 0.25) is 0 Å². The van der Waals surface area contributed by atoms with Crippen LogP contribution in [0.25, 0.3) is 0 Å². The summed E-state index contributed by atoms with van der Waals surface area (Å²) in [5, 5.41) is 0. The van der Waals surface area contributed by atoms with E-state index in [0.717, 1.165) is 43.4 Å². The Hall–Kier alpha value is -2.55. The molecule has 1 aliphatic heterocycles. The van der Waals surface area contributed by atoms with Gasteiger partial charge >= 0.3 is 6.18 Å². The maximum atomic E-state index is 15.7. The largest absolute Gasteiger partial charge is 0.490 e. The Bertz CT molecular complexity index is 1250. The van der Waals surface area contributed by atoms with Crippen LogP contribution in [-0.4, -0.2) is 41.0 Å². The van der Waals surface area contributed by atoms with Gasteiger partial charge in [0.15, 0.2) is 5.78 Å². The predicted molar refractivity (Wildman–Crippen MR) is 142 cm³/mol. The number of likely N-dealkylation sites (tertiary alicyclic amines) is 1. The topological polar surface area (TPSA) is 42.4 Å². The third kappa shape index (κ3) is 7.20. The van der Waals surface area contributed by atoms with Crippen LogP contribution in [0.5, 0.6) is 5.75 Å². The molecule has 0 amide bonds. The van der Waals surface area contributed by atoms with Crippen LogP contribution in [0.4, 0.5) is 22.0 Å². The molecule has 2 aliphatic carbocycles. The van der Waals surface area contributed by atoms with Gasteiger partial charge in [-0.15, -0.1) is 0 Å². The van der Waals surface area contributed by atoms with E-state index in [1.165, 1.54) is 6.07 Å². The first-order chi connectivity index (χ1) is 18.7. The second kappa shape index (κ2) is 10.7. The van der Waals surface area contributed by atoms with Crippen LogP contribution in [0.3, 0.4) is 0 Å². The van der Waals surface area contributed by atoms with E-state index in [2.05, 4.69) is 4.98 Å². The number of hydrogen-bond acceptors (Lipinski definition) is 4. The van der Waals surface area contributed by atoms with E-state index < -0.39 is 23.2 Å². The minimum atomic E-state index is -4.44. The van der Waals surface area contributed by atoms with Gasteiger partial charge in [-0.25, -0.2) is 8.78 Å². The van der Waals surface area contributed by atoms with E-state index in [0.29, 0.717) is 24.5 Å². The van der Waals surface area contributed by atoms with E-state index in [9.17, 15) is 22.4 Å². The molecule has 0 bridgehead atoms. The third-order valence-corrected chi connectivity index (χ3v) is 7.95. The molecule has 1 saturated heterocycles. The van der Waals surface area contributed by atoms with Crippen molar-refractivity contribution in [2.45, 2.75) is 95.9 Å². The van der Waals surface area contributed by atoms with Crippen molar-refractivity contribution < 1.29 is 31.5 Å². The number of alkyl halides is 4. The molecule has 2 aromatic rings. The van der Waals surface area contributed by atoms with E-state index in [1.54, 1.807) is 6.07 Å². The molecule has 0 atom stereocenters. The van der Waals surface area contributed by atoms with Crippen molar-refractivity contribution in [2.75, 3.05) is 19.7 Å². The molecule has 0 unspecified atom stereocenters. The molecule has 9 heteroatoms. The van der Waals surface area contributed by atoms with Crippen LogP contribution >= 0.6 is 0 Å². The number of carbonyl (C=O) groups is 1. The van der Waals surface area contributed by atoms with Crippen LogP contribution in [-0.2, 0) is 12.7 Å². The van der Waals surface area contributed by atoms with Crippen molar-refractivity contribution in [3.05, 3.63) is 58.2 Å². The highest BCUT2D eigenvalue weighted by atomic mass is 19.4. The van der Waals surface area contributed by atoms with E-state index in [4.69, 9.17) is 4.74 Å². The first kappa shape index (κ1) is 29.0. The number of hydrogen-bond donors (Lipinski definition) is 0. The van der Waals surface area contributed by atoms with Gasteiger partial charge in [-0.3, -0.25) is 14.7 Å². The summed E-state index contributed by atoms with van der Waals surface area (Å²) in [4.78, 5) is 19.1. The molecule has 3 aliphatic rings. The highest BCUT2D eigenvalue weighted by Gasteiger charge is 2.38. The Kier molecular flexibility index (Phi) is 7.74. The number of ether oxygens (including phenoxy) is 1. The third-order valence-electron chi connectivity index (χ3n) is 7.95. The SMILES string of the molecule is CC(C)(C)CC(=O)c1cc(C2CC2)c(OCC2(F)CCN(Cc3cc(C(F)(F)F)cc(C4CC4)n3)CC2)cc1F. The lowest BCUT2D eigenvalue weighted by atomic mass is 9.87. The van der Waals surface area contributed by atoms with Gasteiger partial charge in [0.2, 0.25) is 0 Å². The zero-order chi connectivity index (χ0) is 28.9. The molecule has 4 nitrogen and oxygen atoms in total. The summed E-state index contributed by atoms with van der Waals surface area (Å²) >= 11 is 0. The Morgan fingerprint density at radius 3 is 2.25 bits per heavy atom. The highest BCUT2D eigenvalue weighted by molar-refractivity contribution is 5.97. The van der Waals surface area contributed by atoms with Crippen LogP contribution in [0.15, 0.2) is 24.3 Å². The zero-order valence-corrected chi connectivity index (χ0v) is 23.3. The number of nitrogens with zero attached hydrogens (tertiary/aromatic N) is 2. The average Bonchev–Trinajstić information content (AvgIpc) is 3.76. The fourth-order valence-corrected chi connectivity index (χ4v) is 5.34. The Balaban J connectivity index is 1.22. The highest BCUT2D eigenvalue weighted by Crippen LogP contribution is 2.46. The van der Waals surface area contributed by atoms with Gasteiger partial charge < -0.3 is 4.74 Å². The summed E-state index contributed by atoms with van der Waals surface area (Å²) in [5.74, 6) is -0.362. The maximum Gasteiger partial charge on any atom is 0.416 e. The Morgan fingerprint density at radius 2 is 1.68 bits per heavy atom. The van der Waals surface area contributed by atoms with E-state index in [-0.39, 0.29) is 66.8 Å². The fourth-order valence-electron chi connectivity index (χ4n) is 5.34. The molecule has 2 heterocycles. The molecule has 218 valence electrons. The lowest BCUT2D eigenvalue weighted by Crippen LogP contribution is -2.44. The number of carbonyl (C=O) groups excluding carboxylic acids is 1. The van der Waals surface area contributed by atoms with Gasteiger partial charge in [-0.2, -0.15) is 13.2 Å². The van der Waals surface area contributed by atoms with Crippen LogP contribution in [0.1, 0.15) is 110 Å². The van der Waals surface area contributed by atoms with E-state index >= 15 is 4.39 Å². The number of benzene rings is 1.